The van der Waals surface area contributed by atoms with Crippen LogP contribution in [0.1, 0.15) is 18.4 Å². The van der Waals surface area contributed by atoms with E-state index in [1.54, 1.807) is 0 Å². The van der Waals surface area contributed by atoms with Crippen molar-refractivity contribution in [3.8, 4) is 0 Å². The molecule has 1 aliphatic heterocycles. The standard InChI is InChI=1S/C14H17ClN2/c15-13-3-1-2-12-11(9-17-14(12)13)8-10-4-6-16-7-5-10/h1-3,9-10,16-17H,4-8H2. The Balaban J connectivity index is 1.87. The maximum atomic E-state index is 6.17. The van der Waals surface area contributed by atoms with Crippen molar-refractivity contribution in [3.63, 3.8) is 0 Å². The first-order valence-corrected chi connectivity index (χ1v) is 6.67. The summed E-state index contributed by atoms with van der Waals surface area (Å²) in [6.07, 6.45) is 5.86. The van der Waals surface area contributed by atoms with E-state index in [4.69, 9.17) is 11.6 Å². The summed E-state index contributed by atoms with van der Waals surface area (Å²) in [6, 6.07) is 6.13. The van der Waals surface area contributed by atoms with E-state index in [2.05, 4.69) is 22.6 Å². The molecular formula is C14H17ClN2. The molecule has 2 heterocycles. The molecule has 3 heteroatoms. The van der Waals surface area contributed by atoms with E-state index in [1.165, 1.54) is 30.2 Å². The molecule has 1 aromatic carbocycles. The molecule has 0 spiro atoms. The highest BCUT2D eigenvalue weighted by Crippen LogP contribution is 2.28. The van der Waals surface area contributed by atoms with Crippen LogP contribution >= 0.6 is 11.6 Å². The molecule has 17 heavy (non-hydrogen) atoms. The third-order valence-corrected chi connectivity index (χ3v) is 4.03. The van der Waals surface area contributed by atoms with Crippen LogP contribution in [0.4, 0.5) is 0 Å². The van der Waals surface area contributed by atoms with Gasteiger partial charge in [0.25, 0.3) is 0 Å². The molecule has 0 amide bonds. The lowest BCUT2D eigenvalue weighted by Crippen LogP contribution is -2.28. The molecule has 0 atom stereocenters. The number of H-pyrrole nitrogens is 1. The van der Waals surface area contributed by atoms with E-state index in [-0.39, 0.29) is 0 Å². The quantitative estimate of drug-likeness (QED) is 0.838. The molecule has 0 aliphatic carbocycles. The van der Waals surface area contributed by atoms with Gasteiger partial charge in [0.1, 0.15) is 0 Å². The molecule has 2 nitrogen and oxygen atoms in total. The summed E-state index contributed by atoms with van der Waals surface area (Å²) in [5, 5.41) is 5.52. The van der Waals surface area contributed by atoms with E-state index < -0.39 is 0 Å². The number of nitrogens with one attached hydrogen (secondary N) is 2. The Kier molecular flexibility index (Phi) is 3.08. The van der Waals surface area contributed by atoms with E-state index in [9.17, 15) is 0 Å². The molecule has 90 valence electrons. The van der Waals surface area contributed by atoms with Gasteiger partial charge in [0, 0.05) is 11.6 Å². The fourth-order valence-corrected chi connectivity index (χ4v) is 2.97. The predicted molar refractivity (Wildman–Crippen MR) is 72.6 cm³/mol. The molecule has 2 aromatic rings. The zero-order chi connectivity index (χ0) is 11.7. The topological polar surface area (TPSA) is 27.8 Å². The highest BCUT2D eigenvalue weighted by Gasteiger charge is 2.15. The molecule has 1 aliphatic rings. The highest BCUT2D eigenvalue weighted by atomic mass is 35.5. The summed E-state index contributed by atoms with van der Waals surface area (Å²) in [4.78, 5) is 3.30. The van der Waals surface area contributed by atoms with E-state index in [1.807, 2.05) is 12.1 Å². The number of benzene rings is 1. The van der Waals surface area contributed by atoms with Gasteiger partial charge in [-0.05, 0) is 49.9 Å². The number of aromatic nitrogens is 1. The zero-order valence-corrected chi connectivity index (χ0v) is 10.6. The molecule has 0 saturated carbocycles. The van der Waals surface area contributed by atoms with Crippen LogP contribution in [0.2, 0.25) is 5.02 Å². The lowest BCUT2D eigenvalue weighted by Gasteiger charge is -2.22. The van der Waals surface area contributed by atoms with Gasteiger partial charge >= 0.3 is 0 Å². The number of rotatable bonds is 2. The summed E-state index contributed by atoms with van der Waals surface area (Å²) < 4.78 is 0. The Bertz CT molecular complexity index is 512. The van der Waals surface area contributed by atoms with Crippen molar-refractivity contribution in [3.05, 3.63) is 35.0 Å². The Morgan fingerprint density at radius 3 is 2.88 bits per heavy atom. The monoisotopic (exact) mass is 248 g/mol. The lowest BCUT2D eigenvalue weighted by molar-refractivity contribution is 0.373. The predicted octanol–water partition coefficient (Wildman–Crippen LogP) is 3.36. The van der Waals surface area contributed by atoms with Crippen molar-refractivity contribution in [2.45, 2.75) is 19.3 Å². The third-order valence-electron chi connectivity index (χ3n) is 3.72. The minimum atomic E-state index is 0.814. The van der Waals surface area contributed by atoms with Crippen LogP contribution < -0.4 is 5.32 Å². The van der Waals surface area contributed by atoms with Crippen molar-refractivity contribution < 1.29 is 0 Å². The van der Waals surface area contributed by atoms with Crippen LogP contribution in [0.3, 0.4) is 0 Å². The summed E-state index contributed by atoms with van der Waals surface area (Å²) in [7, 11) is 0. The van der Waals surface area contributed by atoms with Gasteiger partial charge in [-0.25, -0.2) is 0 Å². The van der Waals surface area contributed by atoms with Gasteiger partial charge in [-0.2, -0.15) is 0 Å². The van der Waals surface area contributed by atoms with Gasteiger partial charge in [0.05, 0.1) is 10.5 Å². The minimum Gasteiger partial charge on any atom is -0.360 e. The molecule has 3 rings (SSSR count). The zero-order valence-electron chi connectivity index (χ0n) is 9.80. The lowest BCUT2D eigenvalue weighted by atomic mass is 9.91. The molecule has 1 aromatic heterocycles. The van der Waals surface area contributed by atoms with Crippen molar-refractivity contribution in [1.29, 1.82) is 0 Å². The second-order valence-electron chi connectivity index (χ2n) is 4.87. The summed E-state index contributed by atoms with van der Waals surface area (Å²) in [5.41, 5.74) is 2.49. The normalized spacial score (nSPS) is 17.7. The summed E-state index contributed by atoms with van der Waals surface area (Å²) in [5.74, 6) is 0.814. The highest BCUT2D eigenvalue weighted by molar-refractivity contribution is 6.35. The van der Waals surface area contributed by atoms with E-state index >= 15 is 0 Å². The first-order valence-electron chi connectivity index (χ1n) is 6.30. The Morgan fingerprint density at radius 2 is 2.06 bits per heavy atom. The van der Waals surface area contributed by atoms with Crippen molar-refractivity contribution in [1.82, 2.24) is 10.3 Å². The van der Waals surface area contributed by atoms with Crippen LogP contribution in [-0.2, 0) is 6.42 Å². The number of aromatic amines is 1. The number of fused-ring (bicyclic) bond motifs is 1. The van der Waals surface area contributed by atoms with Gasteiger partial charge < -0.3 is 10.3 Å². The van der Waals surface area contributed by atoms with Crippen molar-refractivity contribution >= 4 is 22.5 Å². The van der Waals surface area contributed by atoms with Crippen LogP contribution in [0.15, 0.2) is 24.4 Å². The average Bonchev–Trinajstić information content (AvgIpc) is 2.76. The summed E-state index contributed by atoms with van der Waals surface area (Å²) in [6.45, 7) is 2.32. The van der Waals surface area contributed by atoms with Gasteiger partial charge in [-0.15, -0.1) is 0 Å². The Morgan fingerprint density at radius 1 is 1.24 bits per heavy atom. The van der Waals surface area contributed by atoms with Gasteiger partial charge in [0.15, 0.2) is 0 Å². The first kappa shape index (κ1) is 11.1. The number of hydrogen-bond donors (Lipinski definition) is 2. The largest absolute Gasteiger partial charge is 0.360 e. The number of para-hydroxylation sites is 1. The molecule has 2 N–H and O–H groups in total. The SMILES string of the molecule is Clc1cccc2c(CC3CCNCC3)c[nH]c12. The molecule has 1 fully saturated rings. The maximum absolute atomic E-state index is 6.17. The summed E-state index contributed by atoms with van der Waals surface area (Å²) >= 11 is 6.17. The number of halogens is 1. The molecule has 0 unspecified atom stereocenters. The van der Waals surface area contributed by atoms with E-state index in [0.717, 1.165) is 29.5 Å². The van der Waals surface area contributed by atoms with Gasteiger partial charge in [0.2, 0.25) is 0 Å². The Hall–Kier alpha value is -0.990. The van der Waals surface area contributed by atoms with Crippen LogP contribution in [0, 0.1) is 5.92 Å². The maximum Gasteiger partial charge on any atom is 0.0647 e. The smallest absolute Gasteiger partial charge is 0.0647 e. The van der Waals surface area contributed by atoms with E-state index in [0.29, 0.717) is 0 Å². The second kappa shape index (κ2) is 4.71. The third kappa shape index (κ3) is 2.20. The number of hydrogen-bond acceptors (Lipinski definition) is 1. The molecule has 0 bridgehead atoms. The minimum absolute atomic E-state index is 0.814. The van der Waals surface area contributed by atoms with Gasteiger partial charge in [-0.1, -0.05) is 23.7 Å². The fourth-order valence-electron chi connectivity index (χ4n) is 2.74. The van der Waals surface area contributed by atoms with Crippen LogP contribution in [0.5, 0.6) is 0 Å². The van der Waals surface area contributed by atoms with Gasteiger partial charge in [-0.3, -0.25) is 0 Å². The van der Waals surface area contributed by atoms with Crippen LogP contribution in [0.25, 0.3) is 10.9 Å². The first-order chi connectivity index (χ1) is 8.34. The van der Waals surface area contributed by atoms with Crippen molar-refractivity contribution in [2.75, 3.05) is 13.1 Å². The average molecular weight is 249 g/mol. The molecule has 0 radical (unpaired) electrons. The second-order valence-corrected chi connectivity index (χ2v) is 5.28. The molecular weight excluding hydrogens is 232 g/mol. The number of piperidine rings is 1. The Labute approximate surface area is 106 Å². The van der Waals surface area contributed by atoms with Crippen LogP contribution in [-0.4, -0.2) is 18.1 Å². The fraction of sp³-hybridized carbons (Fsp3) is 0.429. The molecule has 1 saturated heterocycles. The van der Waals surface area contributed by atoms with Crippen molar-refractivity contribution in [2.24, 2.45) is 5.92 Å².